The number of hydrogen-bond donors (Lipinski definition) is 0. The van der Waals surface area contributed by atoms with Crippen LogP contribution in [0.3, 0.4) is 0 Å². The Labute approximate surface area is 106 Å². The van der Waals surface area contributed by atoms with Gasteiger partial charge in [-0.15, -0.1) is 0 Å². The van der Waals surface area contributed by atoms with Crippen LogP contribution in [0.25, 0.3) is 0 Å². The molecule has 0 saturated heterocycles. The van der Waals surface area contributed by atoms with E-state index in [0.717, 1.165) is 0 Å². The predicted molar refractivity (Wildman–Crippen MR) is 66.4 cm³/mol. The Morgan fingerprint density at radius 1 is 1.35 bits per heavy atom. The minimum Gasteiger partial charge on any atom is -0.497 e. The van der Waals surface area contributed by atoms with E-state index in [2.05, 4.69) is 0 Å². The van der Waals surface area contributed by atoms with Gasteiger partial charge in [0.1, 0.15) is 11.8 Å². The maximum absolute atomic E-state index is 11.7. The molecule has 0 heterocycles. The maximum Gasteiger partial charge on any atom is 0.327 e. The SMILES string of the molecule is COC(=O)C(c1ccc(OC)cc1Cl)N(C)C. The maximum atomic E-state index is 11.7. The van der Waals surface area contributed by atoms with Crippen molar-refractivity contribution in [3.8, 4) is 5.75 Å². The molecule has 1 unspecified atom stereocenters. The number of rotatable bonds is 4. The van der Waals surface area contributed by atoms with Gasteiger partial charge in [-0.05, 0) is 31.8 Å². The Morgan fingerprint density at radius 2 is 2.00 bits per heavy atom. The van der Waals surface area contributed by atoms with Crippen LogP contribution in [0.1, 0.15) is 11.6 Å². The first kappa shape index (κ1) is 13.8. The number of methoxy groups -OCH3 is 2. The van der Waals surface area contributed by atoms with Crippen LogP contribution in [0.2, 0.25) is 5.02 Å². The van der Waals surface area contributed by atoms with E-state index in [1.54, 1.807) is 44.3 Å². The average Bonchev–Trinajstić information content (AvgIpc) is 2.30. The lowest BCUT2D eigenvalue weighted by Gasteiger charge is -2.23. The van der Waals surface area contributed by atoms with Crippen LogP contribution < -0.4 is 4.74 Å². The molecule has 0 saturated carbocycles. The third-order valence-electron chi connectivity index (χ3n) is 2.44. The summed E-state index contributed by atoms with van der Waals surface area (Å²) in [6.07, 6.45) is 0. The molecule has 5 heteroatoms. The summed E-state index contributed by atoms with van der Waals surface area (Å²) in [6.45, 7) is 0. The van der Waals surface area contributed by atoms with E-state index in [-0.39, 0.29) is 5.97 Å². The molecule has 1 aromatic rings. The van der Waals surface area contributed by atoms with Crippen molar-refractivity contribution in [1.29, 1.82) is 0 Å². The van der Waals surface area contributed by atoms with Crippen LogP contribution in [0.15, 0.2) is 18.2 Å². The van der Waals surface area contributed by atoms with Crippen molar-refractivity contribution in [2.24, 2.45) is 0 Å². The molecule has 0 aromatic heterocycles. The molecule has 0 N–H and O–H groups in total. The highest BCUT2D eigenvalue weighted by atomic mass is 35.5. The fourth-order valence-corrected chi connectivity index (χ4v) is 1.86. The van der Waals surface area contributed by atoms with E-state index in [0.29, 0.717) is 16.3 Å². The highest BCUT2D eigenvalue weighted by molar-refractivity contribution is 6.31. The molecule has 0 amide bonds. The molecule has 0 aliphatic carbocycles. The van der Waals surface area contributed by atoms with Gasteiger partial charge in [-0.2, -0.15) is 0 Å². The molecule has 0 aliphatic rings. The molecule has 0 aliphatic heterocycles. The number of ether oxygens (including phenoxy) is 2. The Balaban J connectivity index is 3.15. The molecule has 1 rings (SSSR count). The fraction of sp³-hybridized carbons (Fsp3) is 0.417. The first-order valence-electron chi connectivity index (χ1n) is 5.09. The lowest BCUT2D eigenvalue weighted by Crippen LogP contribution is -2.28. The molecular formula is C12H16ClNO3. The number of esters is 1. The normalized spacial score (nSPS) is 12.4. The number of benzene rings is 1. The van der Waals surface area contributed by atoms with Gasteiger partial charge in [-0.25, -0.2) is 4.79 Å². The molecule has 94 valence electrons. The number of carbonyl (C=O) groups excluding carboxylic acids is 1. The average molecular weight is 258 g/mol. The first-order chi connectivity index (χ1) is 8.01. The van der Waals surface area contributed by atoms with E-state index in [1.807, 2.05) is 0 Å². The number of hydrogen-bond acceptors (Lipinski definition) is 4. The standard InChI is InChI=1S/C12H16ClNO3/c1-14(2)11(12(15)17-4)9-6-5-8(16-3)7-10(9)13/h5-7,11H,1-4H3. The van der Waals surface area contributed by atoms with E-state index in [1.165, 1.54) is 7.11 Å². The molecule has 1 atom stereocenters. The second-order valence-electron chi connectivity index (χ2n) is 3.78. The van der Waals surface area contributed by atoms with E-state index < -0.39 is 6.04 Å². The molecule has 0 bridgehead atoms. The fourth-order valence-electron chi connectivity index (χ4n) is 1.58. The zero-order valence-electron chi connectivity index (χ0n) is 10.4. The van der Waals surface area contributed by atoms with Gasteiger partial charge in [0, 0.05) is 5.02 Å². The van der Waals surface area contributed by atoms with Crippen molar-refractivity contribution in [3.05, 3.63) is 28.8 Å². The van der Waals surface area contributed by atoms with Gasteiger partial charge >= 0.3 is 5.97 Å². The van der Waals surface area contributed by atoms with Crippen LogP contribution in [0.4, 0.5) is 0 Å². The monoisotopic (exact) mass is 257 g/mol. The largest absolute Gasteiger partial charge is 0.497 e. The third-order valence-corrected chi connectivity index (χ3v) is 2.77. The van der Waals surface area contributed by atoms with Crippen molar-refractivity contribution in [2.75, 3.05) is 28.3 Å². The van der Waals surface area contributed by atoms with Crippen LogP contribution >= 0.6 is 11.6 Å². The number of halogens is 1. The van der Waals surface area contributed by atoms with Gasteiger partial charge in [0.05, 0.1) is 14.2 Å². The Morgan fingerprint density at radius 3 is 2.41 bits per heavy atom. The van der Waals surface area contributed by atoms with Gasteiger partial charge in [0.2, 0.25) is 0 Å². The third kappa shape index (κ3) is 3.11. The molecule has 4 nitrogen and oxygen atoms in total. The Hall–Kier alpha value is -1.26. The minimum absolute atomic E-state index is 0.345. The first-order valence-corrected chi connectivity index (χ1v) is 5.46. The summed E-state index contributed by atoms with van der Waals surface area (Å²) in [4.78, 5) is 13.5. The van der Waals surface area contributed by atoms with Gasteiger partial charge < -0.3 is 9.47 Å². The van der Waals surface area contributed by atoms with Crippen LogP contribution in [-0.2, 0) is 9.53 Å². The summed E-state index contributed by atoms with van der Waals surface area (Å²) in [7, 11) is 6.51. The highest BCUT2D eigenvalue weighted by Crippen LogP contribution is 2.30. The summed E-state index contributed by atoms with van der Waals surface area (Å²) in [5.74, 6) is 0.309. The molecule has 0 radical (unpaired) electrons. The topological polar surface area (TPSA) is 38.8 Å². The number of likely N-dealkylation sites (N-methyl/N-ethyl adjacent to an activating group) is 1. The Kier molecular flexibility index (Phi) is 4.78. The molecule has 17 heavy (non-hydrogen) atoms. The smallest absolute Gasteiger partial charge is 0.327 e. The number of nitrogens with zero attached hydrogens (tertiary/aromatic N) is 1. The van der Waals surface area contributed by atoms with Crippen molar-refractivity contribution in [2.45, 2.75) is 6.04 Å². The zero-order valence-corrected chi connectivity index (χ0v) is 11.1. The van der Waals surface area contributed by atoms with Crippen LogP contribution in [0, 0.1) is 0 Å². The summed E-state index contributed by atoms with van der Waals surface area (Å²) in [5, 5.41) is 0.480. The molecule has 1 aromatic carbocycles. The summed E-state index contributed by atoms with van der Waals surface area (Å²) in [5.41, 5.74) is 0.698. The molecule has 0 fully saturated rings. The van der Waals surface area contributed by atoms with E-state index in [4.69, 9.17) is 21.1 Å². The van der Waals surface area contributed by atoms with Gasteiger partial charge in [-0.1, -0.05) is 17.7 Å². The summed E-state index contributed by atoms with van der Waals surface area (Å²) in [6, 6.07) is 4.69. The number of carbonyl (C=O) groups is 1. The molecule has 0 spiro atoms. The second-order valence-corrected chi connectivity index (χ2v) is 4.18. The predicted octanol–water partition coefficient (Wildman–Crippen LogP) is 2.12. The summed E-state index contributed by atoms with van der Waals surface area (Å²) < 4.78 is 9.83. The lowest BCUT2D eigenvalue weighted by molar-refractivity contribution is -0.146. The van der Waals surface area contributed by atoms with Crippen molar-refractivity contribution in [1.82, 2.24) is 4.90 Å². The van der Waals surface area contributed by atoms with Gasteiger partial charge in [0.15, 0.2) is 0 Å². The van der Waals surface area contributed by atoms with Crippen molar-refractivity contribution < 1.29 is 14.3 Å². The minimum atomic E-state index is -0.515. The zero-order chi connectivity index (χ0) is 13.0. The van der Waals surface area contributed by atoms with E-state index >= 15 is 0 Å². The summed E-state index contributed by atoms with van der Waals surface area (Å²) >= 11 is 6.13. The Bertz CT molecular complexity index is 407. The van der Waals surface area contributed by atoms with Crippen molar-refractivity contribution in [3.63, 3.8) is 0 Å². The lowest BCUT2D eigenvalue weighted by atomic mass is 10.1. The van der Waals surface area contributed by atoms with Crippen molar-refractivity contribution >= 4 is 17.6 Å². The van der Waals surface area contributed by atoms with Crippen LogP contribution in [-0.4, -0.2) is 39.2 Å². The molecular weight excluding hydrogens is 242 g/mol. The van der Waals surface area contributed by atoms with E-state index in [9.17, 15) is 4.79 Å². The second kappa shape index (κ2) is 5.89. The van der Waals surface area contributed by atoms with Crippen LogP contribution in [0.5, 0.6) is 5.75 Å². The highest BCUT2D eigenvalue weighted by Gasteiger charge is 2.26. The van der Waals surface area contributed by atoms with Gasteiger partial charge in [-0.3, -0.25) is 4.90 Å². The van der Waals surface area contributed by atoms with Gasteiger partial charge in [0.25, 0.3) is 0 Å². The quantitative estimate of drug-likeness (QED) is 0.775.